The van der Waals surface area contributed by atoms with Crippen LogP contribution in [0.1, 0.15) is 11.1 Å². The second kappa shape index (κ2) is 8.69. The first-order valence-electron chi connectivity index (χ1n) is 9.87. The Balaban J connectivity index is 1.28. The molecular weight excluding hydrogens is 386 g/mol. The highest BCUT2D eigenvalue weighted by atomic mass is 32.1. The Morgan fingerprint density at radius 2 is 1.62 bits per heavy atom. The Labute approximate surface area is 176 Å². The van der Waals surface area contributed by atoms with Crippen LogP contribution in [0.15, 0.2) is 42.5 Å². The number of fused-ring (bicyclic) bond motifs is 1. The summed E-state index contributed by atoms with van der Waals surface area (Å²) in [6.07, 6.45) is 0.445. The fourth-order valence-electron chi connectivity index (χ4n) is 3.47. The van der Waals surface area contributed by atoms with Gasteiger partial charge in [0.15, 0.2) is 16.6 Å². The molecule has 0 spiro atoms. The van der Waals surface area contributed by atoms with E-state index < -0.39 is 0 Å². The van der Waals surface area contributed by atoms with E-state index in [1.165, 1.54) is 5.56 Å². The quantitative estimate of drug-likeness (QED) is 0.784. The molecule has 0 unspecified atom stereocenters. The van der Waals surface area contributed by atoms with E-state index >= 15 is 0 Å². The molecule has 2 heterocycles. The number of anilines is 1. The van der Waals surface area contributed by atoms with Gasteiger partial charge in [0, 0.05) is 37.9 Å². The van der Waals surface area contributed by atoms with Crippen LogP contribution in [0.5, 0.6) is 11.5 Å². The van der Waals surface area contributed by atoms with Gasteiger partial charge in [-0.2, -0.15) is 0 Å². The lowest BCUT2D eigenvalue weighted by molar-refractivity contribution is -0.131. The van der Waals surface area contributed by atoms with Gasteiger partial charge in [-0.05, 0) is 36.8 Å². The number of rotatable bonds is 3. The number of hydrogen-bond acceptors (Lipinski definition) is 4. The zero-order valence-corrected chi connectivity index (χ0v) is 17.3. The summed E-state index contributed by atoms with van der Waals surface area (Å²) in [5.41, 5.74) is 3.13. The van der Waals surface area contributed by atoms with Crippen molar-refractivity contribution < 1.29 is 14.3 Å². The molecule has 0 atom stereocenters. The molecule has 1 fully saturated rings. The third-order valence-corrected chi connectivity index (χ3v) is 5.55. The average molecular weight is 412 g/mol. The van der Waals surface area contributed by atoms with E-state index in [9.17, 15) is 4.79 Å². The molecule has 0 saturated carbocycles. The number of carbonyl (C=O) groups excluding carboxylic acids is 1. The Kier molecular flexibility index (Phi) is 5.85. The first kappa shape index (κ1) is 19.5. The number of nitrogens with zero attached hydrogens (tertiary/aromatic N) is 2. The van der Waals surface area contributed by atoms with E-state index in [0.717, 1.165) is 35.8 Å². The lowest BCUT2D eigenvalue weighted by Gasteiger charge is -2.36. The molecule has 2 aromatic rings. The number of ether oxygens (including phenoxy) is 2. The monoisotopic (exact) mass is 411 g/mol. The normalized spacial score (nSPS) is 15.8. The number of thiocarbonyl (C=S) groups is 1. The molecule has 0 radical (unpaired) electrons. The highest BCUT2D eigenvalue weighted by Crippen LogP contribution is 2.32. The van der Waals surface area contributed by atoms with Crippen molar-refractivity contribution in [3.8, 4) is 11.5 Å². The fraction of sp³-hybridized carbons (Fsp3) is 0.364. The van der Waals surface area contributed by atoms with Gasteiger partial charge in [-0.25, -0.2) is 0 Å². The largest absolute Gasteiger partial charge is 0.486 e. The number of aryl methyl sites for hydroxylation is 1. The summed E-state index contributed by atoms with van der Waals surface area (Å²) >= 11 is 5.57. The predicted octanol–water partition coefficient (Wildman–Crippen LogP) is 2.85. The van der Waals surface area contributed by atoms with Gasteiger partial charge in [-0.15, -0.1) is 0 Å². The number of piperazine rings is 1. The Hall–Kier alpha value is -2.80. The van der Waals surface area contributed by atoms with Crippen molar-refractivity contribution in [1.82, 2.24) is 9.80 Å². The van der Waals surface area contributed by atoms with Gasteiger partial charge in [0.2, 0.25) is 5.91 Å². The van der Waals surface area contributed by atoms with Crippen molar-refractivity contribution >= 4 is 28.9 Å². The molecule has 2 aromatic carbocycles. The Morgan fingerprint density at radius 1 is 0.966 bits per heavy atom. The molecular formula is C22H25N3O3S. The SMILES string of the molecule is Cc1ccc(CC(=O)N2CCN(C(=S)Nc3ccc4c(c3)OCCO4)CC2)cc1. The molecule has 29 heavy (non-hydrogen) atoms. The number of carbonyl (C=O) groups is 1. The fourth-order valence-corrected chi connectivity index (χ4v) is 3.78. The summed E-state index contributed by atoms with van der Waals surface area (Å²) in [7, 11) is 0. The third kappa shape index (κ3) is 4.79. The first-order valence-corrected chi connectivity index (χ1v) is 10.3. The van der Waals surface area contributed by atoms with Crippen molar-refractivity contribution in [1.29, 1.82) is 0 Å². The number of amides is 1. The number of benzene rings is 2. The van der Waals surface area contributed by atoms with Crippen LogP contribution in [-0.2, 0) is 11.2 Å². The molecule has 0 aromatic heterocycles. The Morgan fingerprint density at radius 3 is 2.34 bits per heavy atom. The van der Waals surface area contributed by atoms with Gasteiger partial charge in [-0.3, -0.25) is 4.79 Å². The third-order valence-electron chi connectivity index (χ3n) is 5.19. The molecule has 2 aliphatic heterocycles. The van der Waals surface area contributed by atoms with Crippen LogP contribution < -0.4 is 14.8 Å². The highest BCUT2D eigenvalue weighted by molar-refractivity contribution is 7.80. The second-order valence-electron chi connectivity index (χ2n) is 7.32. The van der Waals surface area contributed by atoms with Gasteiger partial charge < -0.3 is 24.6 Å². The van der Waals surface area contributed by atoms with Crippen molar-refractivity contribution in [2.45, 2.75) is 13.3 Å². The van der Waals surface area contributed by atoms with Gasteiger partial charge >= 0.3 is 0 Å². The smallest absolute Gasteiger partial charge is 0.227 e. The van der Waals surface area contributed by atoms with Crippen molar-refractivity contribution in [3.63, 3.8) is 0 Å². The number of nitrogens with one attached hydrogen (secondary N) is 1. The summed E-state index contributed by atoms with van der Waals surface area (Å²) in [5, 5.41) is 3.93. The standard InChI is InChI=1S/C22H25N3O3S/c1-16-2-4-17(5-3-16)14-21(26)24-8-10-25(11-9-24)22(29)23-18-6-7-19-20(15-18)28-13-12-27-19/h2-7,15H,8-14H2,1H3,(H,23,29). The van der Waals surface area contributed by atoms with Crippen LogP contribution in [0.3, 0.4) is 0 Å². The van der Waals surface area contributed by atoms with Gasteiger partial charge in [-0.1, -0.05) is 29.8 Å². The maximum Gasteiger partial charge on any atom is 0.227 e. The van der Waals surface area contributed by atoms with Crippen LogP contribution in [-0.4, -0.2) is 60.2 Å². The molecule has 1 saturated heterocycles. The summed E-state index contributed by atoms with van der Waals surface area (Å²) in [4.78, 5) is 16.6. The van der Waals surface area contributed by atoms with Crippen molar-refractivity contribution in [3.05, 3.63) is 53.6 Å². The second-order valence-corrected chi connectivity index (χ2v) is 7.71. The van der Waals surface area contributed by atoms with Gasteiger partial charge in [0.25, 0.3) is 0 Å². The molecule has 2 aliphatic rings. The molecule has 1 N–H and O–H groups in total. The highest BCUT2D eigenvalue weighted by Gasteiger charge is 2.23. The van der Waals surface area contributed by atoms with Crippen LogP contribution in [0.2, 0.25) is 0 Å². The lowest BCUT2D eigenvalue weighted by atomic mass is 10.1. The van der Waals surface area contributed by atoms with Crippen LogP contribution >= 0.6 is 12.2 Å². The minimum absolute atomic E-state index is 0.166. The van der Waals surface area contributed by atoms with Crippen molar-refractivity contribution in [2.75, 3.05) is 44.7 Å². The summed E-state index contributed by atoms with van der Waals surface area (Å²) in [5.74, 6) is 1.66. The van der Waals surface area contributed by atoms with Crippen LogP contribution in [0, 0.1) is 6.92 Å². The zero-order chi connectivity index (χ0) is 20.2. The van der Waals surface area contributed by atoms with E-state index in [4.69, 9.17) is 21.7 Å². The van der Waals surface area contributed by atoms with Crippen LogP contribution in [0.25, 0.3) is 0 Å². The topological polar surface area (TPSA) is 54.0 Å². The van der Waals surface area contributed by atoms with Gasteiger partial charge in [0.05, 0.1) is 6.42 Å². The maximum atomic E-state index is 12.6. The minimum atomic E-state index is 0.166. The van der Waals surface area contributed by atoms with E-state index in [-0.39, 0.29) is 5.91 Å². The molecule has 152 valence electrons. The zero-order valence-electron chi connectivity index (χ0n) is 16.5. The summed E-state index contributed by atoms with van der Waals surface area (Å²) in [6.45, 7) is 5.96. The van der Waals surface area contributed by atoms with Gasteiger partial charge in [0.1, 0.15) is 13.2 Å². The molecule has 0 bridgehead atoms. The average Bonchev–Trinajstić information content (AvgIpc) is 2.75. The van der Waals surface area contributed by atoms with E-state index in [0.29, 0.717) is 37.8 Å². The minimum Gasteiger partial charge on any atom is -0.486 e. The number of hydrogen-bond donors (Lipinski definition) is 1. The maximum absolute atomic E-state index is 12.6. The summed E-state index contributed by atoms with van der Waals surface area (Å²) < 4.78 is 11.2. The summed E-state index contributed by atoms with van der Waals surface area (Å²) in [6, 6.07) is 13.9. The first-order chi connectivity index (χ1) is 14.1. The molecule has 0 aliphatic carbocycles. The molecule has 7 heteroatoms. The Bertz CT molecular complexity index is 893. The molecule has 6 nitrogen and oxygen atoms in total. The molecule has 1 amide bonds. The predicted molar refractivity (Wildman–Crippen MR) is 117 cm³/mol. The van der Waals surface area contributed by atoms with E-state index in [2.05, 4.69) is 10.2 Å². The lowest BCUT2D eigenvalue weighted by Crippen LogP contribution is -2.51. The molecule has 4 rings (SSSR count). The van der Waals surface area contributed by atoms with E-state index in [1.54, 1.807) is 0 Å². The van der Waals surface area contributed by atoms with Crippen LogP contribution in [0.4, 0.5) is 5.69 Å². The van der Waals surface area contributed by atoms with Crippen molar-refractivity contribution in [2.24, 2.45) is 0 Å². The van der Waals surface area contributed by atoms with E-state index in [1.807, 2.05) is 54.3 Å².